The third kappa shape index (κ3) is 6.90. The lowest BCUT2D eigenvalue weighted by molar-refractivity contribution is 0.0490. The predicted molar refractivity (Wildman–Crippen MR) is 96.3 cm³/mol. The molecule has 0 fully saturated rings. The molecule has 3 N–H and O–H groups in total. The number of ether oxygens (including phenoxy) is 2. The quantitative estimate of drug-likeness (QED) is 0.388. The molecular formula is C17H30N2O2S. The third-order valence-corrected chi connectivity index (χ3v) is 4.71. The van der Waals surface area contributed by atoms with E-state index >= 15 is 0 Å². The van der Waals surface area contributed by atoms with Gasteiger partial charge in [0.1, 0.15) is 10.7 Å². The molecule has 0 radical (unpaired) electrons. The van der Waals surface area contributed by atoms with Crippen molar-refractivity contribution in [3.05, 3.63) is 24.3 Å². The van der Waals surface area contributed by atoms with Crippen molar-refractivity contribution in [1.29, 1.82) is 0 Å². The van der Waals surface area contributed by atoms with Gasteiger partial charge in [0, 0.05) is 12.2 Å². The molecule has 1 atom stereocenters. The van der Waals surface area contributed by atoms with Gasteiger partial charge in [0.25, 0.3) is 0 Å². The fraction of sp³-hybridized carbons (Fsp3) is 0.647. The summed E-state index contributed by atoms with van der Waals surface area (Å²) >= 11 is 1.70. The number of benzene rings is 1. The monoisotopic (exact) mass is 326 g/mol. The van der Waals surface area contributed by atoms with Gasteiger partial charge in [-0.1, -0.05) is 25.6 Å². The molecule has 0 aliphatic rings. The molecule has 1 aromatic rings. The Morgan fingerprint density at radius 1 is 1.14 bits per heavy atom. The van der Waals surface area contributed by atoms with E-state index < -0.39 is 0 Å². The van der Waals surface area contributed by atoms with Gasteiger partial charge in [-0.15, -0.1) is 0 Å². The maximum Gasteiger partial charge on any atom is 0.154 e. The molecule has 0 amide bonds. The summed E-state index contributed by atoms with van der Waals surface area (Å²) in [6, 6.07) is 7.52. The molecule has 22 heavy (non-hydrogen) atoms. The summed E-state index contributed by atoms with van der Waals surface area (Å²) in [5.41, 5.74) is 6.46. The van der Waals surface area contributed by atoms with Crippen LogP contribution in [0.5, 0.6) is 5.75 Å². The van der Waals surface area contributed by atoms with Crippen molar-refractivity contribution in [2.45, 2.75) is 50.9 Å². The number of thioether (sulfide) groups is 1. The van der Waals surface area contributed by atoms with E-state index in [4.69, 9.17) is 15.2 Å². The lowest BCUT2D eigenvalue weighted by atomic mass is 10.3. The van der Waals surface area contributed by atoms with Gasteiger partial charge in [0.15, 0.2) is 4.93 Å². The molecule has 1 rings (SSSR count). The smallest absolute Gasteiger partial charge is 0.154 e. The average Bonchev–Trinajstić information content (AvgIpc) is 2.45. The van der Waals surface area contributed by atoms with Crippen LogP contribution in [0.3, 0.4) is 0 Å². The number of nitrogens with one attached hydrogen (secondary N) is 1. The van der Waals surface area contributed by atoms with Gasteiger partial charge in [-0.25, -0.2) is 0 Å². The molecular weight excluding hydrogens is 296 g/mol. The Morgan fingerprint density at radius 3 is 2.32 bits per heavy atom. The second-order valence-electron chi connectivity index (χ2n) is 5.86. The second-order valence-corrected chi connectivity index (χ2v) is 7.91. The molecule has 126 valence electrons. The van der Waals surface area contributed by atoms with Gasteiger partial charge < -0.3 is 20.5 Å². The van der Waals surface area contributed by atoms with E-state index in [9.17, 15) is 0 Å². The summed E-state index contributed by atoms with van der Waals surface area (Å²) in [5.74, 6) is 0.828. The standard InChI is InChI=1S/C17H30N2O2S/c1-6-17(5,21-15-10-8-14(18)9-11-15)22-16(3,4)20-13-12-19-7-2/h8-11,19H,6-7,12-13,18H2,1-5H3. The largest absolute Gasteiger partial charge is 0.477 e. The first-order valence-electron chi connectivity index (χ1n) is 7.89. The van der Waals surface area contributed by atoms with Gasteiger partial charge in [-0.3, -0.25) is 0 Å². The van der Waals surface area contributed by atoms with Crippen LogP contribution < -0.4 is 15.8 Å². The highest BCUT2D eigenvalue weighted by Gasteiger charge is 2.34. The van der Waals surface area contributed by atoms with E-state index in [-0.39, 0.29) is 9.87 Å². The number of rotatable bonds is 10. The Kier molecular flexibility index (Phi) is 7.53. The zero-order chi connectivity index (χ0) is 16.6. The van der Waals surface area contributed by atoms with Crippen molar-refractivity contribution >= 4 is 17.4 Å². The van der Waals surface area contributed by atoms with Gasteiger partial charge in [0.05, 0.1) is 6.61 Å². The molecule has 1 unspecified atom stereocenters. The Labute approximate surface area is 139 Å². The van der Waals surface area contributed by atoms with Crippen LogP contribution in [0, 0.1) is 0 Å². The summed E-state index contributed by atoms with van der Waals surface area (Å²) in [6.07, 6.45) is 0.877. The van der Waals surface area contributed by atoms with E-state index in [1.807, 2.05) is 24.3 Å². The maximum absolute atomic E-state index is 6.18. The van der Waals surface area contributed by atoms with Crippen LogP contribution in [0.4, 0.5) is 5.69 Å². The minimum absolute atomic E-state index is 0.312. The van der Waals surface area contributed by atoms with E-state index in [2.05, 4.69) is 39.9 Å². The normalized spacial score (nSPS) is 14.6. The summed E-state index contributed by atoms with van der Waals surface area (Å²) in [4.78, 5) is -0.661. The second kappa shape index (κ2) is 8.65. The molecule has 0 aliphatic heterocycles. The third-order valence-electron chi connectivity index (χ3n) is 3.30. The minimum Gasteiger partial charge on any atom is -0.477 e. The van der Waals surface area contributed by atoms with Crippen molar-refractivity contribution in [1.82, 2.24) is 5.32 Å². The Morgan fingerprint density at radius 2 is 1.77 bits per heavy atom. The summed E-state index contributed by atoms with van der Waals surface area (Å²) in [7, 11) is 0. The maximum atomic E-state index is 6.18. The van der Waals surface area contributed by atoms with Crippen LogP contribution in [-0.4, -0.2) is 29.6 Å². The molecule has 0 bridgehead atoms. The van der Waals surface area contributed by atoms with Crippen molar-refractivity contribution in [2.24, 2.45) is 0 Å². The summed E-state index contributed by atoms with van der Waals surface area (Å²) in [5, 5.41) is 3.27. The topological polar surface area (TPSA) is 56.5 Å². The number of nitrogen functional groups attached to an aromatic ring is 1. The van der Waals surface area contributed by atoms with E-state index in [1.54, 1.807) is 11.8 Å². The molecule has 1 aromatic carbocycles. The average molecular weight is 327 g/mol. The fourth-order valence-electron chi connectivity index (χ4n) is 2.05. The molecule has 0 saturated carbocycles. The number of hydrogen-bond donors (Lipinski definition) is 2. The fourth-order valence-corrected chi connectivity index (χ4v) is 3.51. The van der Waals surface area contributed by atoms with Crippen molar-refractivity contribution in [3.63, 3.8) is 0 Å². The number of nitrogens with two attached hydrogens (primary N) is 1. The molecule has 0 aromatic heterocycles. The van der Waals surface area contributed by atoms with Crippen LogP contribution in [0.15, 0.2) is 24.3 Å². The van der Waals surface area contributed by atoms with Crippen molar-refractivity contribution in [3.8, 4) is 5.75 Å². The van der Waals surface area contributed by atoms with Crippen LogP contribution in [0.25, 0.3) is 0 Å². The van der Waals surface area contributed by atoms with Gasteiger partial charge in [-0.2, -0.15) is 0 Å². The SMILES string of the molecule is CCNCCOC(C)(C)SC(C)(CC)Oc1ccc(N)cc1. The molecule has 0 heterocycles. The first-order chi connectivity index (χ1) is 10.3. The van der Waals surface area contributed by atoms with Gasteiger partial charge in [0.2, 0.25) is 0 Å². The van der Waals surface area contributed by atoms with Gasteiger partial charge in [-0.05, 0) is 58.0 Å². The van der Waals surface area contributed by atoms with Crippen LogP contribution in [0.1, 0.15) is 41.0 Å². The summed E-state index contributed by atoms with van der Waals surface area (Å²) in [6.45, 7) is 13.0. The van der Waals surface area contributed by atoms with Crippen molar-refractivity contribution in [2.75, 3.05) is 25.4 Å². The highest BCUT2D eigenvalue weighted by molar-refractivity contribution is 8.01. The molecule has 5 heteroatoms. The lowest BCUT2D eigenvalue weighted by Gasteiger charge is -2.36. The van der Waals surface area contributed by atoms with Gasteiger partial charge >= 0.3 is 0 Å². The highest BCUT2D eigenvalue weighted by atomic mass is 32.2. The van der Waals surface area contributed by atoms with Crippen molar-refractivity contribution < 1.29 is 9.47 Å². The zero-order valence-electron chi connectivity index (χ0n) is 14.4. The lowest BCUT2D eigenvalue weighted by Crippen LogP contribution is -2.36. The van der Waals surface area contributed by atoms with E-state index in [0.717, 1.165) is 30.9 Å². The Bertz CT molecular complexity index is 437. The van der Waals surface area contributed by atoms with Crippen LogP contribution in [-0.2, 0) is 4.74 Å². The van der Waals surface area contributed by atoms with Crippen LogP contribution >= 0.6 is 11.8 Å². The number of hydrogen-bond acceptors (Lipinski definition) is 5. The number of likely N-dealkylation sites (N-methyl/N-ethyl adjacent to an activating group) is 1. The number of anilines is 1. The molecule has 0 aliphatic carbocycles. The Balaban J connectivity index is 2.61. The van der Waals surface area contributed by atoms with E-state index in [1.165, 1.54) is 0 Å². The van der Waals surface area contributed by atoms with Crippen LogP contribution in [0.2, 0.25) is 0 Å². The molecule has 0 spiro atoms. The first-order valence-corrected chi connectivity index (χ1v) is 8.71. The Hall–Kier alpha value is -0.910. The molecule has 0 saturated heterocycles. The van der Waals surface area contributed by atoms with E-state index in [0.29, 0.717) is 6.61 Å². The first kappa shape index (κ1) is 19.1. The highest BCUT2D eigenvalue weighted by Crippen LogP contribution is 2.41. The predicted octanol–water partition coefficient (Wildman–Crippen LogP) is 3.87. The molecule has 4 nitrogen and oxygen atoms in total. The summed E-state index contributed by atoms with van der Waals surface area (Å²) < 4.78 is 12.2. The minimum atomic E-state index is -0.349. The zero-order valence-corrected chi connectivity index (χ0v) is 15.3.